The van der Waals surface area contributed by atoms with Crippen molar-refractivity contribution in [3.8, 4) is 28.1 Å². The van der Waals surface area contributed by atoms with Crippen LogP contribution in [0.15, 0.2) is 102 Å². The molecule has 0 saturated heterocycles. The first-order valence-corrected chi connectivity index (χ1v) is 14.6. The average Bonchev–Trinajstić information content (AvgIpc) is 2.97. The Morgan fingerprint density at radius 3 is 2.46 bits per heavy atom. The molecule has 0 aliphatic carbocycles. The number of H-pyrrole nitrogens is 1. The first kappa shape index (κ1) is 26.5. The van der Waals surface area contributed by atoms with Crippen LogP contribution < -0.4 is 14.9 Å². The predicted octanol–water partition coefficient (Wildman–Crippen LogP) is 6.41. The summed E-state index contributed by atoms with van der Waals surface area (Å²) in [5.74, 6) is 0.163. The number of pyridine rings is 3. The molecule has 41 heavy (non-hydrogen) atoms. The van der Waals surface area contributed by atoms with Crippen molar-refractivity contribution in [3.05, 3.63) is 118 Å². The molecule has 8 nitrogen and oxygen atoms in total. The molecule has 0 saturated carbocycles. The quantitative estimate of drug-likeness (QED) is 0.225. The van der Waals surface area contributed by atoms with E-state index in [4.69, 9.17) is 21.3 Å². The summed E-state index contributed by atoms with van der Waals surface area (Å²) in [5.41, 5.74) is 4.13. The number of nitrogens with one attached hydrogen (secondary N) is 2. The summed E-state index contributed by atoms with van der Waals surface area (Å²) in [6, 6.07) is 26.7. The van der Waals surface area contributed by atoms with Crippen molar-refractivity contribution in [1.82, 2.24) is 15.0 Å². The number of benzene rings is 3. The monoisotopic (exact) mass is 582 g/mol. The average molecular weight is 583 g/mol. The maximum Gasteiger partial charge on any atom is 0.238 e. The highest BCUT2D eigenvalue weighted by molar-refractivity contribution is 7.91. The second kappa shape index (κ2) is 10.7. The molecule has 6 aromatic rings. The lowest BCUT2D eigenvalue weighted by Gasteiger charge is -2.14. The SMILES string of the molecule is COc1ccc(NS(=O)(=O)Cc2cc(=O)c3cc(-c4cc(Cl)c5ncccc5c4)c(-c4ccccc4)nc3[nH]2)cc1. The van der Waals surface area contributed by atoms with Gasteiger partial charge in [0.2, 0.25) is 10.0 Å². The van der Waals surface area contributed by atoms with Gasteiger partial charge in [-0.15, -0.1) is 0 Å². The third-order valence-electron chi connectivity index (χ3n) is 6.60. The fraction of sp³-hybridized carbons (Fsp3) is 0.0645. The Morgan fingerprint density at radius 2 is 1.71 bits per heavy atom. The van der Waals surface area contributed by atoms with E-state index in [1.807, 2.05) is 54.6 Å². The van der Waals surface area contributed by atoms with E-state index in [1.54, 1.807) is 36.5 Å². The van der Waals surface area contributed by atoms with Gasteiger partial charge in [-0.3, -0.25) is 14.5 Å². The number of hydrogen-bond acceptors (Lipinski definition) is 6. The van der Waals surface area contributed by atoms with Crippen LogP contribution in [0.1, 0.15) is 5.69 Å². The largest absolute Gasteiger partial charge is 0.497 e. The highest BCUT2D eigenvalue weighted by atomic mass is 35.5. The number of aromatic nitrogens is 3. The topological polar surface area (TPSA) is 114 Å². The van der Waals surface area contributed by atoms with Gasteiger partial charge in [-0.1, -0.05) is 48.0 Å². The molecule has 3 aromatic heterocycles. The van der Waals surface area contributed by atoms with Gasteiger partial charge < -0.3 is 9.72 Å². The molecule has 204 valence electrons. The van der Waals surface area contributed by atoms with Gasteiger partial charge in [-0.2, -0.15) is 0 Å². The molecule has 0 aliphatic heterocycles. The summed E-state index contributed by atoms with van der Waals surface area (Å²) < 4.78 is 33.5. The minimum Gasteiger partial charge on any atom is -0.497 e. The fourth-order valence-corrected chi connectivity index (χ4v) is 6.12. The fourth-order valence-electron chi connectivity index (χ4n) is 4.72. The van der Waals surface area contributed by atoms with Gasteiger partial charge in [0.1, 0.15) is 17.1 Å². The summed E-state index contributed by atoms with van der Waals surface area (Å²) in [7, 11) is -2.31. The zero-order chi connectivity index (χ0) is 28.6. The van der Waals surface area contributed by atoms with Crippen LogP contribution in [0, 0.1) is 0 Å². The number of ether oxygens (including phenoxy) is 1. The number of anilines is 1. The van der Waals surface area contributed by atoms with Crippen LogP contribution in [-0.4, -0.2) is 30.5 Å². The van der Waals surface area contributed by atoms with Crippen molar-refractivity contribution in [2.45, 2.75) is 5.75 Å². The van der Waals surface area contributed by atoms with Crippen LogP contribution >= 0.6 is 11.6 Å². The Morgan fingerprint density at radius 1 is 0.927 bits per heavy atom. The molecule has 0 bridgehead atoms. The molecule has 6 rings (SSSR count). The molecule has 0 unspecified atom stereocenters. The number of halogens is 1. The van der Waals surface area contributed by atoms with Crippen LogP contribution in [0.2, 0.25) is 5.02 Å². The minimum atomic E-state index is -3.84. The second-order valence-corrected chi connectivity index (χ2v) is 11.6. The summed E-state index contributed by atoms with van der Waals surface area (Å²) in [6.07, 6.45) is 1.69. The Bertz CT molecular complexity index is 2080. The van der Waals surface area contributed by atoms with Gasteiger partial charge in [0.05, 0.1) is 28.7 Å². The van der Waals surface area contributed by atoms with Gasteiger partial charge in [0, 0.05) is 40.2 Å². The van der Waals surface area contributed by atoms with Crippen LogP contribution in [0.5, 0.6) is 5.75 Å². The van der Waals surface area contributed by atoms with Crippen LogP contribution in [0.4, 0.5) is 5.69 Å². The highest BCUT2D eigenvalue weighted by Crippen LogP contribution is 2.36. The van der Waals surface area contributed by atoms with E-state index in [1.165, 1.54) is 13.2 Å². The summed E-state index contributed by atoms with van der Waals surface area (Å²) in [4.78, 5) is 25.6. The maximum absolute atomic E-state index is 13.3. The normalized spacial score (nSPS) is 11.6. The molecular weight excluding hydrogens is 560 g/mol. The predicted molar refractivity (Wildman–Crippen MR) is 163 cm³/mol. The number of fused-ring (bicyclic) bond motifs is 2. The van der Waals surface area contributed by atoms with Crippen LogP contribution in [-0.2, 0) is 15.8 Å². The summed E-state index contributed by atoms with van der Waals surface area (Å²) >= 11 is 6.60. The Balaban J connectivity index is 1.45. The smallest absolute Gasteiger partial charge is 0.238 e. The molecule has 0 aliphatic rings. The molecule has 0 spiro atoms. The van der Waals surface area contributed by atoms with Gasteiger partial charge in [-0.25, -0.2) is 13.4 Å². The third-order valence-corrected chi connectivity index (χ3v) is 8.12. The highest BCUT2D eigenvalue weighted by Gasteiger charge is 2.18. The molecule has 10 heteroatoms. The molecule has 0 radical (unpaired) electrons. The van der Waals surface area contributed by atoms with Crippen LogP contribution in [0.25, 0.3) is 44.3 Å². The zero-order valence-electron chi connectivity index (χ0n) is 21.8. The van der Waals surface area contributed by atoms with Gasteiger partial charge in [0.25, 0.3) is 0 Å². The first-order valence-electron chi connectivity index (χ1n) is 12.6. The zero-order valence-corrected chi connectivity index (χ0v) is 23.3. The Hall–Kier alpha value is -4.73. The van der Waals surface area contributed by atoms with Crippen molar-refractivity contribution in [2.24, 2.45) is 0 Å². The number of aromatic amines is 1. The van der Waals surface area contributed by atoms with E-state index < -0.39 is 15.8 Å². The number of rotatable bonds is 7. The van der Waals surface area contributed by atoms with E-state index in [0.717, 1.165) is 16.5 Å². The van der Waals surface area contributed by atoms with Crippen LogP contribution in [0.3, 0.4) is 0 Å². The Kier molecular flexibility index (Phi) is 6.90. The molecular formula is C31H23ClN4O4S. The molecule has 0 atom stereocenters. The second-order valence-electron chi connectivity index (χ2n) is 9.43. The van der Waals surface area contributed by atoms with Crippen molar-refractivity contribution >= 4 is 49.2 Å². The summed E-state index contributed by atoms with van der Waals surface area (Å²) in [5, 5.41) is 1.66. The van der Waals surface area contributed by atoms with E-state index in [-0.39, 0.29) is 16.8 Å². The Labute approximate surface area is 240 Å². The number of hydrogen-bond donors (Lipinski definition) is 2. The van der Waals surface area contributed by atoms with Gasteiger partial charge in [0.15, 0.2) is 5.43 Å². The maximum atomic E-state index is 13.3. The number of methoxy groups -OCH3 is 1. The van der Waals surface area contributed by atoms with Gasteiger partial charge in [-0.05, 0) is 54.1 Å². The first-order chi connectivity index (χ1) is 19.8. The lowest BCUT2D eigenvalue weighted by molar-refractivity contribution is 0.415. The summed E-state index contributed by atoms with van der Waals surface area (Å²) in [6.45, 7) is 0. The lowest BCUT2D eigenvalue weighted by Crippen LogP contribution is -2.17. The third kappa shape index (κ3) is 5.50. The standard InChI is InChI=1S/C31H23ClN4O4S/c1-40-24-11-9-22(10-12-24)36-41(38,39)18-23-16-28(37)26-17-25(21-14-20-8-5-13-33-30(20)27(32)15-21)29(35-31(26)34-23)19-6-3-2-4-7-19/h2-17,36H,18H2,1H3,(H,34,35,37). The number of sulfonamides is 1. The van der Waals surface area contributed by atoms with Crippen molar-refractivity contribution in [2.75, 3.05) is 11.8 Å². The van der Waals surface area contributed by atoms with Crippen molar-refractivity contribution < 1.29 is 13.2 Å². The molecule has 0 fully saturated rings. The van der Waals surface area contributed by atoms with E-state index in [0.29, 0.717) is 38.6 Å². The van der Waals surface area contributed by atoms with E-state index in [2.05, 4.69) is 14.7 Å². The minimum absolute atomic E-state index is 0.211. The molecule has 3 aromatic carbocycles. The molecule has 3 heterocycles. The van der Waals surface area contributed by atoms with E-state index >= 15 is 0 Å². The molecule has 0 amide bonds. The lowest BCUT2D eigenvalue weighted by atomic mass is 9.96. The molecule has 2 N–H and O–H groups in total. The van der Waals surface area contributed by atoms with Gasteiger partial charge >= 0.3 is 0 Å². The van der Waals surface area contributed by atoms with E-state index in [9.17, 15) is 13.2 Å². The van der Waals surface area contributed by atoms with Crippen molar-refractivity contribution in [1.29, 1.82) is 0 Å². The number of nitrogens with zero attached hydrogens (tertiary/aromatic N) is 2. The van der Waals surface area contributed by atoms with Crippen molar-refractivity contribution in [3.63, 3.8) is 0 Å².